The van der Waals surface area contributed by atoms with E-state index in [-0.39, 0.29) is 11.6 Å². The van der Waals surface area contributed by atoms with Gasteiger partial charge >= 0.3 is 0 Å². The molecule has 37 heavy (non-hydrogen) atoms. The summed E-state index contributed by atoms with van der Waals surface area (Å²) in [4.78, 5) is 19.7. The number of allylic oxidation sites excluding steroid dienone is 1. The second-order valence-electron chi connectivity index (χ2n) is 8.99. The topological polar surface area (TPSA) is 62.0 Å². The summed E-state index contributed by atoms with van der Waals surface area (Å²) in [5.74, 6) is 2.15. The summed E-state index contributed by atoms with van der Waals surface area (Å²) >= 11 is 1.40. The van der Waals surface area contributed by atoms with Gasteiger partial charge in [-0.1, -0.05) is 47.7 Å². The molecule has 0 amide bonds. The molecule has 0 bridgehead atoms. The highest BCUT2D eigenvalue weighted by Crippen LogP contribution is 2.41. The molecule has 186 valence electrons. The average Bonchev–Trinajstić information content (AvgIpc) is 3.26. The van der Waals surface area contributed by atoms with Gasteiger partial charge in [-0.05, 0) is 65.9 Å². The lowest BCUT2D eigenvalue weighted by molar-refractivity contribution is 0.402. The van der Waals surface area contributed by atoms with E-state index in [0.717, 1.165) is 41.0 Å². The zero-order valence-corrected chi connectivity index (χ0v) is 21.7. The van der Waals surface area contributed by atoms with Gasteiger partial charge in [0.2, 0.25) is 0 Å². The second kappa shape index (κ2) is 9.41. The lowest BCUT2D eigenvalue weighted by Gasteiger charge is -2.30. The van der Waals surface area contributed by atoms with Crippen LogP contribution in [0.3, 0.4) is 0 Å². The molecule has 1 aliphatic heterocycles. The molecule has 0 N–H and O–H groups in total. The van der Waals surface area contributed by atoms with Crippen molar-refractivity contribution in [2.45, 2.75) is 18.9 Å². The number of aryl methyl sites for hydroxylation is 1. The van der Waals surface area contributed by atoms with Crippen molar-refractivity contribution in [1.29, 1.82) is 0 Å². The second-order valence-corrected chi connectivity index (χ2v) is 10.0. The Kier molecular flexibility index (Phi) is 5.93. The third-order valence-corrected chi connectivity index (χ3v) is 8.01. The number of hydrogen-bond donors (Lipinski definition) is 0. The third kappa shape index (κ3) is 3.96. The fourth-order valence-electron chi connectivity index (χ4n) is 5.20. The predicted octanol–water partition coefficient (Wildman–Crippen LogP) is 4.34. The number of ether oxygens (including phenoxy) is 3. The van der Waals surface area contributed by atoms with Crippen LogP contribution in [0.4, 0.5) is 0 Å². The lowest BCUT2D eigenvalue weighted by Crippen LogP contribution is -2.38. The molecule has 4 aromatic rings. The molecule has 2 heterocycles. The molecular formula is C30H26N2O4S. The molecule has 0 saturated heterocycles. The molecule has 1 aliphatic carbocycles. The Morgan fingerprint density at radius 3 is 2.43 bits per heavy atom. The van der Waals surface area contributed by atoms with E-state index in [1.807, 2.05) is 53.1 Å². The van der Waals surface area contributed by atoms with Gasteiger partial charge in [0.1, 0.15) is 17.2 Å². The van der Waals surface area contributed by atoms with Gasteiger partial charge in [-0.15, -0.1) is 0 Å². The van der Waals surface area contributed by atoms with Crippen LogP contribution in [-0.4, -0.2) is 25.9 Å². The maximum absolute atomic E-state index is 14.0. The van der Waals surface area contributed by atoms with E-state index in [0.29, 0.717) is 20.8 Å². The maximum atomic E-state index is 14.0. The fraction of sp³-hybridized carbons (Fsp3) is 0.200. The van der Waals surface area contributed by atoms with Crippen LogP contribution in [0.15, 0.2) is 82.1 Å². The quantitative estimate of drug-likeness (QED) is 0.401. The predicted molar refractivity (Wildman–Crippen MR) is 145 cm³/mol. The number of rotatable bonds is 5. The van der Waals surface area contributed by atoms with Gasteiger partial charge in [0.05, 0.1) is 37.6 Å². The molecular weight excluding hydrogens is 484 g/mol. The Morgan fingerprint density at radius 2 is 1.68 bits per heavy atom. The number of methoxy groups -OCH3 is 3. The summed E-state index contributed by atoms with van der Waals surface area (Å²) in [6.45, 7) is 0. The van der Waals surface area contributed by atoms with Crippen LogP contribution in [0.1, 0.15) is 34.7 Å². The molecule has 0 fully saturated rings. The minimum atomic E-state index is -0.236. The van der Waals surface area contributed by atoms with E-state index in [4.69, 9.17) is 19.2 Å². The molecule has 1 aromatic heterocycles. The van der Waals surface area contributed by atoms with Crippen LogP contribution in [-0.2, 0) is 6.42 Å². The van der Waals surface area contributed by atoms with E-state index >= 15 is 0 Å². The van der Waals surface area contributed by atoms with Crippen molar-refractivity contribution in [2.24, 2.45) is 4.99 Å². The largest absolute Gasteiger partial charge is 0.497 e. The standard InChI is InChI=1S/C30H26N2O4S/c1-34-21-11-8-19(9-12-21)28-24-14-10-18-6-4-5-7-23(18)27(24)31-30-32(28)29(33)26(37-30)17-20-16-22(35-2)13-15-25(20)36-3/h4-9,11-13,15-17,28H,10,14H2,1-3H3. The van der Waals surface area contributed by atoms with Crippen molar-refractivity contribution >= 4 is 23.1 Å². The van der Waals surface area contributed by atoms with Crippen LogP contribution in [0, 0.1) is 0 Å². The van der Waals surface area contributed by atoms with Crippen molar-refractivity contribution < 1.29 is 14.2 Å². The smallest absolute Gasteiger partial charge is 0.271 e. The average molecular weight is 511 g/mol. The summed E-state index contributed by atoms with van der Waals surface area (Å²) in [5.41, 5.74) is 6.33. The summed E-state index contributed by atoms with van der Waals surface area (Å²) in [6, 6.07) is 21.7. The molecule has 3 aromatic carbocycles. The normalized spacial score (nSPS) is 16.4. The van der Waals surface area contributed by atoms with Gasteiger partial charge in [0, 0.05) is 11.1 Å². The maximum Gasteiger partial charge on any atom is 0.271 e. The van der Waals surface area contributed by atoms with E-state index in [1.54, 1.807) is 21.3 Å². The zero-order valence-electron chi connectivity index (χ0n) is 20.9. The van der Waals surface area contributed by atoms with E-state index in [2.05, 4.69) is 24.3 Å². The monoisotopic (exact) mass is 510 g/mol. The van der Waals surface area contributed by atoms with Crippen molar-refractivity contribution in [3.8, 4) is 17.2 Å². The summed E-state index contributed by atoms with van der Waals surface area (Å²) < 4.78 is 18.8. The van der Waals surface area contributed by atoms with Gasteiger partial charge < -0.3 is 14.2 Å². The van der Waals surface area contributed by atoms with Crippen molar-refractivity contribution in [2.75, 3.05) is 21.3 Å². The van der Waals surface area contributed by atoms with Crippen LogP contribution in [0.5, 0.6) is 17.2 Å². The number of fused-ring (bicyclic) bond motifs is 3. The Balaban J connectivity index is 1.60. The number of hydrogen-bond acceptors (Lipinski definition) is 6. The van der Waals surface area contributed by atoms with Gasteiger partial charge in [0.15, 0.2) is 4.80 Å². The molecule has 7 heteroatoms. The summed E-state index contributed by atoms with van der Waals surface area (Å²) in [5, 5.41) is 0. The molecule has 1 unspecified atom stereocenters. The summed E-state index contributed by atoms with van der Waals surface area (Å²) in [7, 11) is 4.90. The Morgan fingerprint density at radius 1 is 0.919 bits per heavy atom. The lowest BCUT2D eigenvalue weighted by atomic mass is 9.83. The highest BCUT2D eigenvalue weighted by molar-refractivity contribution is 7.07. The first kappa shape index (κ1) is 23.3. The Hall–Kier alpha value is -4.10. The molecule has 2 aliphatic rings. The van der Waals surface area contributed by atoms with E-state index < -0.39 is 0 Å². The highest BCUT2D eigenvalue weighted by Gasteiger charge is 2.32. The first-order valence-corrected chi connectivity index (χ1v) is 12.9. The first-order valence-electron chi connectivity index (χ1n) is 12.1. The fourth-order valence-corrected chi connectivity index (χ4v) is 6.19. The molecule has 0 saturated carbocycles. The van der Waals surface area contributed by atoms with Crippen LogP contribution < -0.4 is 29.1 Å². The molecule has 6 rings (SSSR count). The Labute approximate surface area is 218 Å². The van der Waals surface area contributed by atoms with Crippen molar-refractivity contribution in [3.63, 3.8) is 0 Å². The van der Waals surface area contributed by atoms with E-state index in [9.17, 15) is 4.79 Å². The van der Waals surface area contributed by atoms with Crippen LogP contribution >= 0.6 is 11.3 Å². The first-order chi connectivity index (χ1) is 18.1. The van der Waals surface area contributed by atoms with Gasteiger partial charge in [0.25, 0.3) is 5.56 Å². The van der Waals surface area contributed by atoms with Gasteiger partial charge in [-0.2, -0.15) is 0 Å². The van der Waals surface area contributed by atoms with Crippen molar-refractivity contribution in [1.82, 2.24) is 4.57 Å². The van der Waals surface area contributed by atoms with Gasteiger partial charge in [-0.3, -0.25) is 9.36 Å². The van der Waals surface area contributed by atoms with E-state index in [1.165, 1.54) is 22.5 Å². The minimum absolute atomic E-state index is 0.0696. The molecule has 0 spiro atoms. The highest BCUT2D eigenvalue weighted by atomic mass is 32.1. The minimum Gasteiger partial charge on any atom is -0.497 e. The number of aromatic nitrogens is 1. The summed E-state index contributed by atoms with van der Waals surface area (Å²) in [6.07, 6.45) is 3.63. The third-order valence-electron chi connectivity index (χ3n) is 7.03. The van der Waals surface area contributed by atoms with Crippen LogP contribution in [0.25, 0.3) is 11.8 Å². The molecule has 0 radical (unpaired) electrons. The molecule has 1 atom stereocenters. The van der Waals surface area contributed by atoms with Gasteiger partial charge in [-0.25, -0.2) is 4.99 Å². The van der Waals surface area contributed by atoms with Crippen LogP contribution in [0.2, 0.25) is 0 Å². The zero-order chi connectivity index (χ0) is 25.5. The number of nitrogens with zero attached hydrogens (tertiary/aromatic N) is 2. The number of thiazole rings is 1. The number of benzene rings is 3. The molecule has 6 nitrogen and oxygen atoms in total. The van der Waals surface area contributed by atoms with Crippen molar-refractivity contribution in [3.05, 3.63) is 114 Å². The Bertz CT molecular complexity index is 1710. The SMILES string of the molecule is COc1ccc(C2C3=C(N=c4sc(=Cc5cc(OC)ccc5OC)c(=O)n42)c2ccccc2CC3)cc1.